The lowest BCUT2D eigenvalue weighted by molar-refractivity contribution is 0.0600. The predicted molar refractivity (Wildman–Crippen MR) is 107 cm³/mol. The quantitative estimate of drug-likeness (QED) is 0.697. The van der Waals surface area contributed by atoms with E-state index in [1.807, 2.05) is 23.1 Å². The first-order chi connectivity index (χ1) is 13.6. The van der Waals surface area contributed by atoms with Crippen molar-refractivity contribution in [3.8, 4) is 0 Å². The molecule has 1 aromatic heterocycles. The molecule has 142 valence electrons. The number of rotatable bonds is 2. The van der Waals surface area contributed by atoms with E-state index in [1.54, 1.807) is 6.07 Å². The number of aromatic amines is 1. The molecule has 0 unspecified atom stereocenters. The van der Waals surface area contributed by atoms with Crippen LogP contribution in [0.1, 0.15) is 49.5 Å². The van der Waals surface area contributed by atoms with Gasteiger partial charge in [-0.25, -0.2) is 4.79 Å². The summed E-state index contributed by atoms with van der Waals surface area (Å²) in [4.78, 5) is 30.4. The van der Waals surface area contributed by atoms with Crippen molar-refractivity contribution in [3.05, 3.63) is 69.9 Å². The first-order valence-electron chi connectivity index (χ1n) is 9.77. The van der Waals surface area contributed by atoms with Crippen molar-refractivity contribution in [1.82, 2.24) is 9.88 Å². The molecule has 0 saturated heterocycles. The number of aryl methyl sites for hydroxylation is 2. The molecule has 1 aliphatic carbocycles. The Morgan fingerprint density at radius 1 is 1.00 bits per heavy atom. The van der Waals surface area contributed by atoms with Gasteiger partial charge in [0.05, 0.1) is 12.7 Å². The summed E-state index contributed by atoms with van der Waals surface area (Å²) in [6.07, 6.45) is 4.15. The highest BCUT2D eigenvalue weighted by atomic mass is 16.5. The molecule has 1 aliphatic heterocycles. The van der Waals surface area contributed by atoms with Crippen LogP contribution < -0.4 is 0 Å². The lowest BCUT2D eigenvalue weighted by Gasteiger charge is -2.27. The number of amides is 1. The summed E-state index contributed by atoms with van der Waals surface area (Å²) in [7, 11) is 1.39. The van der Waals surface area contributed by atoms with E-state index in [2.05, 4.69) is 17.1 Å². The van der Waals surface area contributed by atoms with Gasteiger partial charge in [0.1, 0.15) is 0 Å². The zero-order valence-corrected chi connectivity index (χ0v) is 15.9. The van der Waals surface area contributed by atoms with Crippen molar-refractivity contribution in [3.63, 3.8) is 0 Å². The molecule has 0 radical (unpaired) electrons. The average molecular weight is 374 g/mol. The SMILES string of the molecule is COC(=O)c1ccc2[nH]c3c(c2c1)CN(C(=O)c1ccc2c(c1)CCC2)CC3. The van der Waals surface area contributed by atoms with Gasteiger partial charge in [-0.2, -0.15) is 0 Å². The Kier molecular flexibility index (Phi) is 3.97. The van der Waals surface area contributed by atoms with E-state index in [-0.39, 0.29) is 11.9 Å². The minimum absolute atomic E-state index is 0.0822. The van der Waals surface area contributed by atoms with Gasteiger partial charge in [-0.1, -0.05) is 6.07 Å². The number of carbonyl (C=O) groups is 2. The number of ether oxygens (including phenoxy) is 1. The van der Waals surface area contributed by atoms with Crippen LogP contribution in [0.3, 0.4) is 0 Å². The second-order valence-corrected chi connectivity index (χ2v) is 7.65. The van der Waals surface area contributed by atoms with Crippen LogP contribution in [-0.2, 0) is 30.5 Å². The molecule has 0 bridgehead atoms. The van der Waals surface area contributed by atoms with Crippen LogP contribution >= 0.6 is 0 Å². The first kappa shape index (κ1) is 17.0. The molecular weight excluding hydrogens is 352 g/mol. The third-order valence-corrected chi connectivity index (χ3v) is 6.03. The smallest absolute Gasteiger partial charge is 0.337 e. The lowest BCUT2D eigenvalue weighted by atomic mass is 10.0. The van der Waals surface area contributed by atoms with Gasteiger partial charge in [-0.3, -0.25) is 4.79 Å². The summed E-state index contributed by atoms with van der Waals surface area (Å²) in [6.45, 7) is 1.25. The largest absolute Gasteiger partial charge is 0.465 e. The molecule has 0 spiro atoms. The fourth-order valence-corrected chi connectivity index (χ4v) is 4.52. The topological polar surface area (TPSA) is 62.4 Å². The van der Waals surface area contributed by atoms with E-state index in [1.165, 1.54) is 24.7 Å². The Bertz CT molecular complexity index is 1110. The molecule has 0 fully saturated rings. The number of esters is 1. The summed E-state index contributed by atoms with van der Waals surface area (Å²) in [5.74, 6) is -0.266. The molecule has 2 aliphatic rings. The van der Waals surface area contributed by atoms with E-state index in [0.29, 0.717) is 18.7 Å². The van der Waals surface area contributed by atoms with Gasteiger partial charge in [-0.05, 0) is 60.7 Å². The van der Waals surface area contributed by atoms with Crippen molar-refractivity contribution >= 4 is 22.8 Å². The number of hydrogen-bond donors (Lipinski definition) is 1. The highest BCUT2D eigenvalue weighted by Crippen LogP contribution is 2.30. The zero-order valence-electron chi connectivity index (χ0n) is 15.9. The van der Waals surface area contributed by atoms with Crippen LogP contribution in [-0.4, -0.2) is 35.4 Å². The average Bonchev–Trinajstić information content (AvgIpc) is 3.35. The Labute approximate surface area is 163 Å². The maximum absolute atomic E-state index is 13.1. The van der Waals surface area contributed by atoms with Crippen LogP contribution in [0.15, 0.2) is 36.4 Å². The number of nitrogens with zero attached hydrogens (tertiary/aromatic N) is 1. The highest BCUT2D eigenvalue weighted by molar-refractivity contribution is 5.97. The Balaban J connectivity index is 1.47. The fraction of sp³-hybridized carbons (Fsp3) is 0.304. The van der Waals surface area contributed by atoms with Crippen LogP contribution in [0.5, 0.6) is 0 Å². The third kappa shape index (κ3) is 2.70. The van der Waals surface area contributed by atoms with E-state index >= 15 is 0 Å². The van der Waals surface area contributed by atoms with Gasteiger partial charge < -0.3 is 14.6 Å². The van der Waals surface area contributed by atoms with Gasteiger partial charge in [0.15, 0.2) is 0 Å². The molecule has 0 atom stereocenters. The summed E-state index contributed by atoms with van der Waals surface area (Å²) in [6, 6.07) is 11.7. The Hall–Kier alpha value is -3.08. The number of benzene rings is 2. The molecule has 1 N–H and O–H groups in total. The maximum Gasteiger partial charge on any atom is 0.337 e. The van der Waals surface area contributed by atoms with E-state index in [9.17, 15) is 9.59 Å². The zero-order chi connectivity index (χ0) is 19.3. The van der Waals surface area contributed by atoms with Crippen LogP contribution in [0.25, 0.3) is 10.9 Å². The van der Waals surface area contributed by atoms with Gasteiger partial charge in [0.25, 0.3) is 5.91 Å². The number of hydrogen-bond acceptors (Lipinski definition) is 3. The minimum atomic E-state index is -0.348. The molecule has 2 aromatic carbocycles. The van der Waals surface area contributed by atoms with Crippen LogP contribution in [0, 0.1) is 0 Å². The molecule has 5 heteroatoms. The van der Waals surface area contributed by atoms with Crippen molar-refractivity contribution in [2.75, 3.05) is 13.7 Å². The van der Waals surface area contributed by atoms with Crippen molar-refractivity contribution < 1.29 is 14.3 Å². The van der Waals surface area contributed by atoms with E-state index in [4.69, 9.17) is 4.74 Å². The van der Waals surface area contributed by atoms with Gasteiger partial charge >= 0.3 is 5.97 Å². The lowest BCUT2D eigenvalue weighted by Crippen LogP contribution is -2.35. The molecule has 3 aromatic rings. The molecule has 5 rings (SSSR count). The van der Waals surface area contributed by atoms with E-state index in [0.717, 1.165) is 47.0 Å². The number of fused-ring (bicyclic) bond motifs is 4. The molecule has 0 saturated carbocycles. The summed E-state index contributed by atoms with van der Waals surface area (Å²) in [5, 5.41) is 0.990. The standard InChI is InChI=1S/C23H22N2O3/c1-28-23(27)17-7-8-20-18(12-17)19-13-25(10-9-21(19)24-20)22(26)16-6-5-14-3-2-4-15(14)11-16/h5-8,11-12,24H,2-4,9-10,13H2,1H3. The third-order valence-electron chi connectivity index (χ3n) is 6.03. The monoisotopic (exact) mass is 374 g/mol. The number of methoxy groups -OCH3 is 1. The molecular formula is C23H22N2O3. The number of carbonyl (C=O) groups excluding carboxylic acids is 2. The van der Waals surface area contributed by atoms with Crippen molar-refractivity contribution in [2.24, 2.45) is 0 Å². The van der Waals surface area contributed by atoms with Crippen molar-refractivity contribution in [1.29, 1.82) is 0 Å². The normalized spacial score (nSPS) is 15.4. The Morgan fingerprint density at radius 3 is 2.68 bits per heavy atom. The molecule has 5 nitrogen and oxygen atoms in total. The van der Waals surface area contributed by atoms with Gasteiger partial charge in [-0.15, -0.1) is 0 Å². The number of nitrogens with one attached hydrogen (secondary N) is 1. The summed E-state index contributed by atoms with van der Waals surface area (Å²) < 4.78 is 4.85. The highest BCUT2D eigenvalue weighted by Gasteiger charge is 2.26. The summed E-state index contributed by atoms with van der Waals surface area (Å²) >= 11 is 0. The van der Waals surface area contributed by atoms with E-state index < -0.39 is 0 Å². The van der Waals surface area contributed by atoms with Gasteiger partial charge in [0, 0.05) is 47.2 Å². The Morgan fingerprint density at radius 2 is 1.82 bits per heavy atom. The van der Waals surface area contributed by atoms with Crippen molar-refractivity contribution in [2.45, 2.75) is 32.2 Å². The second-order valence-electron chi connectivity index (χ2n) is 7.65. The van der Waals surface area contributed by atoms with Gasteiger partial charge in [0.2, 0.25) is 0 Å². The maximum atomic E-state index is 13.1. The molecule has 28 heavy (non-hydrogen) atoms. The number of aromatic nitrogens is 1. The second kappa shape index (κ2) is 6.51. The predicted octanol–water partition coefficient (Wildman–Crippen LogP) is 3.64. The molecule has 2 heterocycles. The fourth-order valence-electron chi connectivity index (χ4n) is 4.52. The minimum Gasteiger partial charge on any atom is -0.465 e. The molecule has 1 amide bonds. The summed E-state index contributed by atoms with van der Waals surface area (Å²) in [5.41, 5.74) is 7.24. The first-order valence-corrected chi connectivity index (χ1v) is 9.77. The van der Waals surface area contributed by atoms with Crippen LogP contribution in [0.4, 0.5) is 0 Å². The number of H-pyrrole nitrogens is 1. The van der Waals surface area contributed by atoms with Crippen LogP contribution in [0.2, 0.25) is 0 Å².